The number of alkyl halides is 4. The molecule has 0 bridgehead atoms. The van der Waals surface area contributed by atoms with Crippen molar-refractivity contribution in [2.45, 2.75) is 43.6 Å². The number of rotatable bonds is 7. The number of aromatic nitrogens is 2. The van der Waals surface area contributed by atoms with Crippen molar-refractivity contribution < 1.29 is 26.8 Å². The first-order chi connectivity index (χ1) is 9.39. The van der Waals surface area contributed by atoms with Crippen molar-refractivity contribution >= 4 is 0 Å². The SMILES string of the molecule is NCC1(c2nc(COCC(F)(F)C(F)F)no2)CCC1. The van der Waals surface area contributed by atoms with E-state index in [1.807, 2.05) is 0 Å². The Morgan fingerprint density at radius 1 is 1.40 bits per heavy atom. The Balaban J connectivity index is 1.88. The maximum absolute atomic E-state index is 12.6. The van der Waals surface area contributed by atoms with Crippen LogP contribution in [0.25, 0.3) is 0 Å². The van der Waals surface area contributed by atoms with Crippen LogP contribution in [0.2, 0.25) is 0 Å². The highest BCUT2D eigenvalue weighted by Gasteiger charge is 2.43. The van der Waals surface area contributed by atoms with E-state index in [0.717, 1.165) is 19.3 Å². The first-order valence-electron chi connectivity index (χ1n) is 6.16. The molecular weight excluding hydrogens is 282 g/mol. The quantitative estimate of drug-likeness (QED) is 0.778. The van der Waals surface area contributed by atoms with Gasteiger partial charge in [-0.2, -0.15) is 13.8 Å². The number of ether oxygens (including phenoxy) is 1. The van der Waals surface area contributed by atoms with Gasteiger partial charge in [0.05, 0.1) is 5.41 Å². The van der Waals surface area contributed by atoms with Crippen molar-refractivity contribution in [1.82, 2.24) is 10.1 Å². The van der Waals surface area contributed by atoms with E-state index in [-0.39, 0.29) is 11.2 Å². The molecule has 0 aromatic carbocycles. The smallest absolute Gasteiger partial charge is 0.330 e. The van der Waals surface area contributed by atoms with Gasteiger partial charge in [-0.05, 0) is 12.8 Å². The van der Waals surface area contributed by atoms with E-state index >= 15 is 0 Å². The van der Waals surface area contributed by atoms with Gasteiger partial charge >= 0.3 is 12.3 Å². The van der Waals surface area contributed by atoms with Gasteiger partial charge in [0.15, 0.2) is 5.82 Å². The highest BCUT2D eigenvalue weighted by molar-refractivity contribution is 5.11. The summed E-state index contributed by atoms with van der Waals surface area (Å²) >= 11 is 0. The van der Waals surface area contributed by atoms with Gasteiger partial charge in [0.25, 0.3) is 0 Å². The topological polar surface area (TPSA) is 74.2 Å². The summed E-state index contributed by atoms with van der Waals surface area (Å²) in [6.45, 7) is -1.44. The molecule has 9 heteroatoms. The Kier molecular flexibility index (Phi) is 4.28. The van der Waals surface area contributed by atoms with E-state index in [1.54, 1.807) is 0 Å². The second-order valence-corrected chi connectivity index (χ2v) is 4.91. The molecule has 0 unspecified atom stereocenters. The van der Waals surface area contributed by atoms with Gasteiger partial charge in [0.1, 0.15) is 13.2 Å². The fourth-order valence-electron chi connectivity index (χ4n) is 1.98. The van der Waals surface area contributed by atoms with E-state index in [4.69, 9.17) is 10.3 Å². The first kappa shape index (κ1) is 15.2. The standard InChI is InChI=1S/C11H15F4N3O2/c12-8(13)11(14,15)6-19-4-7-17-9(20-18-7)10(5-16)2-1-3-10/h8H,1-6,16H2. The van der Waals surface area contributed by atoms with E-state index < -0.39 is 25.6 Å². The monoisotopic (exact) mass is 297 g/mol. The summed E-state index contributed by atoms with van der Waals surface area (Å²) in [5, 5.41) is 3.58. The summed E-state index contributed by atoms with van der Waals surface area (Å²) in [6, 6.07) is 0. The minimum absolute atomic E-state index is 0.0461. The van der Waals surface area contributed by atoms with Gasteiger partial charge in [0.2, 0.25) is 5.89 Å². The molecule has 1 heterocycles. The normalized spacial score (nSPS) is 18.3. The van der Waals surface area contributed by atoms with Gasteiger partial charge in [-0.1, -0.05) is 11.6 Å². The second-order valence-electron chi connectivity index (χ2n) is 4.91. The van der Waals surface area contributed by atoms with Crippen molar-refractivity contribution in [3.63, 3.8) is 0 Å². The molecule has 0 spiro atoms. The van der Waals surface area contributed by atoms with Gasteiger partial charge < -0.3 is 15.0 Å². The fraction of sp³-hybridized carbons (Fsp3) is 0.818. The average Bonchev–Trinajstić information content (AvgIpc) is 2.77. The van der Waals surface area contributed by atoms with Crippen molar-refractivity contribution in [1.29, 1.82) is 0 Å². The summed E-state index contributed by atoms with van der Waals surface area (Å²) in [5.41, 5.74) is 5.32. The Labute approximate surface area is 112 Å². The Morgan fingerprint density at radius 3 is 2.60 bits per heavy atom. The number of halogens is 4. The fourth-order valence-corrected chi connectivity index (χ4v) is 1.98. The summed E-state index contributed by atoms with van der Waals surface area (Å²) in [4.78, 5) is 4.02. The Morgan fingerprint density at radius 2 is 2.10 bits per heavy atom. The van der Waals surface area contributed by atoms with Crippen LogP contribution in [0.5, 0.6) is 0 Å². The molecule has 1 aromatic heterocycles. The molecule has 114 valence electrons. The molecule has 0 atom stereocenters. The summed E-state index contributed by atoms with van der Waals surface area (Å²) in [6.07, 6.45) is -1.10. The first-order valence-corrected chi connectivity index (χ1v) is 6.16. The van der Waals surface area contributed by atoms with Gasteiger partial charge in [-0.25, -0.2) is 8.78 Å². The number of hydrogen-bond acceptors (Lipinski definition) is 5. The highest BCUT2D eigenvalue weighted by atomic mass is 19.3. The molecule has 1 aromatic rings. The molecule has 5 nitrogen and oxygen atoms in total. The van der Waals surface area contributed by atoms with E-state index in [0.29, 0.717) is 12.4 Å². The predicted molar refractivity (Wildman–Crippen MR) is 59.5 cm³/mol. The van der Waals surface area contributed by atoms with Crippen molar-refractivity contribution in [3.8, 4) is 0 Å². The van der Waals surface area contributed by atoms with Crippen LogP contribution < -0.4 is 5.73 Å². The lowest BCUT2D eigenvalue weighted by Crippen LogP contribution is -2.41. The molecule has 0 saturated heterocycles. The highest BCUT2D eigenvalue weighted by Crippen LogP contribution is 2.41. The number of nitrogens with two attached hydrogens (primary N) is 1. The molecule has 1 aliphatic carbocycles. The van der Waals surface area contributed by atoms with Gasteiger partial charge in [0, 0.05) is 6.54 Å². The van der Waals surface area contributed by atoms with Crippen LogP contribution in [-0.2, 0) is 16.8 Å². The molecule has 0 amide bonds. The average molecular weight is 297 g/mol. The van der Waals surface area contributed by atoms with E-state index in [2.05, 4.69) is 14.9 Å². The third-order valence-electron chi connectivity index (χ3n) is 3.47. The molecule has 1 aliphatic rings. The molecule has 0 aliphatic heterocycles. The number of hydrogen-bond donors (Lipinski definition) is 1. The lowest BCUT2D eigenvalue weighted by atomic mass is 9.69. The third-order valence-corrected chi connectivity index (χ3v) is 3.47. The molecular formula is C11H15F4N3O2. The van der Waals surface area contributed by atoms with Crippen LogP contribution in [0.1, 0.15) is 31.0 Å². The van der Waals surface area contributed by atoms with Gasteiger partial charge in [-0.15, -0.1) is 0 Å². The van der Waals surface area contributed by atoms with Gasteiger partial charge in [-0.3, -0.25) is 0 Å². The maximum atomic E-state index is 12.6. The van der Waals surface area contributed by atoms with E-state index in [9.17, 15) is 17.6 Å². The van der Waals surface area contributed by atoms with Crippen LogP contribution in [-0.4, -0.2) is 35.6 Å². The van der Waals surface area contributed by atoms with Crippen LogP contribution in [0.3, 0.4) is 0 Å². The van der Waals surface area contributed by atoms with E-state index in [1.165, 1.54) is 0 Å². The van der Waals surface area contributed by atoms with Crippen molar-refractivity contribution in [3.05, 3.63) is 11.7 Å². The zero-order valence-electron chi connectivity index (χ0n) is 10.6. The molecule has 0 radical (unpaired) electrons. The van der Waals surface area contributed by atoms with Crippen molar-refractivity contribution in [2.24, 2.45) is 5.73 Å². The summed E-state index contributed by atoms with van der Waals surface area (Å²) in [7, 11) is 0. The molecule has 20 heavy (non-hydrogen) atoms. The molecule has 2 rings (SSSR count). The van der Waals surface area contributed by atoms with Crippen LogP contribution >= 0.6 is 0 Å². The molecule has 1 fully saturated rings. The lowest BCUT2D eigenvalue weighted by molar-refractivity contribution is -0.168. The summed E-state index contributed by atoms with van der Waals surface area (Å²) < 4.78 is 58.6. The zero-order chi connectivity index (χ0) is 14.8. The Hall–Kier alpha value is -1.22. The maximum Gasteiger partial charge on any atom is 0.330 e. The van der Waals surface area contributed by atoms with Crippen LogP contribution in [0.4, 0.5) is 17.6 Å². The second kappa shape index (κ2) is 5.65. The Bertz CT molecular complexity index is 443. The molecule has 2 N–H and O–H groups in total. The van der Waals surface area contributed by atoms with Crippen LogP contribution in [0.15, 0.2) is 4.52 Å². The predicted octanol–water partition coefficient (Wildman–Crippen LogP) is 1.87. The summed E-state index contributed by atoms with van der Waals surface area (Å²) in [5.74, 6) is -3.78. The zero-order valence-corrected chi connectivity index (χ0v) is 10.6. The minimum Gasteiger partial charge on any atom is -0.367 e. The number of nitrogens with zero attached hydrogens (tertiary/aromatic N) is 2. The lowest BCUT2D eigenvalue weighted by Gasteiger charge is -2.36. The minimum atomic E-state index is -4.18. The van der Waals surface area contributed by atoms with Crippen molar-refractivity contribution in [2.75, 3.05) is 13.2 Å². The third kappa shape index (κ3) is 2.93. The largest absolute Gasteiger partial charge is 0.367 e. The van der Waals surface area contributed by atoms with Crippen LogP contribution in [0, 0.1) is 0 Å². The molecule has 1 saturated carbocycles.